The molecule has 1 heterocycles. The number of fused-ring (bicyclic) bond motifs is 1. The molecule has 22 heavy (non-hydrogen) atoms. The fourth-order valence-electron chi connectivity index (χ4n) is 3.57. The van der Waals surface area contributed by atoms with E-state index in [1.54, 1.807) is 0 Å². The minimum Gasteiger partial charge on any atom is -0.487 e. The van der Waals surface area contributed by atoms with Crippen LogP contribution in [-0.2, 0) is 0 Å². The number of nitrogens with zero attached hydrogens (tertiary/aromatic N) is 1. The van der Waals surface area contributed by atoms with Crippen LogP contribution >= 0.6 is 0 Å². The molecule has 0 spiro atoms. The summed E-state index contributed by atoms with van der Waals surface area (Å²) in [5.41, 5.74) is 8.84. The van der Waals surface area contributed by atoms with Crippen LogP contribution in [-0.4, -0.2) is 30.1 Å². The molecule has 0 saturated heterocycles. The quantitative estimate of drug-likeness (QED) is 0.866. The lowest BCUT2D eigenvalue weighted by Crippen LogP contribution is -2.52. The number of nitrogens with two attached hydrogens (primary N) is 1. The van der Waals surface area contributed by atoms with Gasteiger partial charge in [-0.2, -0.15) is 0 Å². The number of hydrogen-bond donors (Lipinski definition) is 1. The standard InChI is InChI=1S/C19H32N2O/c1-6-10-21(11-7-2)13-16-18(20)15-12-14(3)8-9-17(15)22-19(16,4)5/h8-9,12,16,18H,6-7,10-11,13,20H2,1-5H3. The molecular formula is C19H32N2O. The Balaban J connectivity index is 2.26. The summed E-state index contributed by atoms with van der Waals surface area (Å²) in [6, 6.07) is 6.39. The van der Waals surface area contributed by atoms with Crippen molar-refractivity contribution in [3.05, 3.63) is 29.3 Å². The highest BCUT2D eigenvalue weighted by atomic mass is 16.5. The molecule has 1 aliphatic heterocycles. The second-order valence-electron chi connectivity index (χ2n) is 7.18. The first-order chi connectivity index (χ1) is 10.4. The molecule has 0 bridgehead atoms. The molecule has 1 aliphatic rings. The van der Waals surface area contributed by atoms with Gasteiger partial charge in [-0.15, -0.1) is 0 Å². The molecule has 2 atom stereocenters. The smallest absolute Gasteiger partial charge is 0.124 e. The molecule has 3 heteroatoms. The van der Waals surface area contributed by atoms with Crippen molar-refractivity contribution in [2.24, 2.45) is 11.7 Å². The Morgan fingerprint density at radius 1 is 1.18 bits per heavy atom. The number of hydrogen-bond acceptors (Lipinski definition) is 3. The second kappa shape index (κ2) is 7.01. The van der Waals surface area contributed by atoms with Crippen molar-refractivity contribution >= 4 is 0 Å². The van der Waals surface area contributed by atoms with Crippen molar-refractivity contribution in [2.75, 3.05) is 19.6 Å². The molecule has 1 aromatic carbocycles. The summed E-state index contributed by atoms with van der Waals surface area (Å²) in [5, 5.41) is 0. The van der Waals surface area contributed by atoms with Gasteiger partial charge in [-0.1, -0.05) is 31.5 Å². The third-order valence-electron chi connectivity index (χ3n) is 4.76. The Morgan fingerprint density at radius 2 is 1.82 bits per heavy atom. The summed E-state index contributed by atoms with van der Waals surface area (Å²) in [7, 11) is 0. The van der Waals surface area contributed by atoms with Gasteiger partial charge < -0.3 is 15.4 Å². The Morgan fingerprint density at radius 3 is 2.41 bits per heavy atom. The van der Waals surface area contributed by atoms with E-state index in [9.17, 15) is 0 Å². The molecule has 2 unspecified atom stereocenters. The Bertz CT molecular complexity index is 492. The van der Waals surface area contributed by atoms with Gasteiger partial charge in [0.25, 0.3) is 0 Å². The van der Waals surface area contributed by atoms with Gasteiger partial charge in [0.2, 0.25) is 0 Å². The summed E-state index contributed by atoms with van der Waals surface area (Å²) in [4.78, 5) is 2.54. The van der Waals surface area contributed by atoms with Crippen LogP contribution in [0.1, 0.15) is 57.7 Å². The van der Waals surface area contributed by atoms with Gasteiger partial charge in [-0.05, 0) is 52.8 Å². The van der Waals surface area contributed by atoms with Crippen LogP contribution < -0.4 is 10.5 Å². The first kappa shape index (κ1) is 17.3. The average Bonchev–Trinajstić information content (AvgIpc) is 2.44. The van der Waals surface area contributed by atoms with Crippen molar-refractivity contribution in [3.63, 3.8) is 0 Å². The van der Waals surface area contributed by atoms with E-state index in [1.807, 2.05) is 0 Å². The molecular weight excluding hydrogens is 272 g/mol. The minimum atomic E-state index is -0.235. The first-order valence-corrected chi connectivity index (χ1v) is 8.66. The normalized spacial score (nSPS) is 23.2. The molecule has 2 N–H and O–H groups in total. The third kappa shape index (κ3) is 3.64. The maximum absolute atomic E-state index is 6.67. The predicted molar refractivity (Wildman–Crippen MR) is 93.3 cm³/mol. The number of rotatable bonds is 6. The molecule has 124 valence electrons. The van der Waals surface area contributed by atoms with Crippen LogP contribution in [0.3, 0.4) is 0 Å². The molecule has 0 fully saturated rings. The van der Waals surface area contributed by atoms with E-state index in [2.05, 4.69) is 57.7 Å². The van der Waals surface area contributed by atoms with Crippen molar-refractivity contribution in [3.8, 4) is 5.75 Å². The van der Waals surface area contributed by atoms with Crippen LogP contribution in [0.4, 0.5) is 0 Å². The van der Waals surface area contributed by atoms with E-state index in [-0.39, 0.29) is 11.6 Å². The fourth-order valence-corrected chi connectivity index (χ4v) is 3.57. The van der Waals surface area contributed by atoms with Gasteiger partial charge in [-0.25, -0.2) is 0 Å². The molecule has 0 aliphatic carbocycles. The van der Waals surface area contributed by atoms with Gasteiger partial charge in [-0.3, -0.25) is 0 Å². The molecule has 0 amide bonds. The Hall–Kier alpha value is -1.06. The zero-order valence-electron chi connectivity index (χ0n) is 14.9. The van der Waals surface area contributed by atoms with E-state index < -0.39 is 0 Å². The molecule has 0 aromatic heterocycles. The summed E-state index contributed by atoms with van der Waals surface area (Å²) >= 11 is 0. The number of benzene rings is 1. The monoisotopic (exact) mass is 304 g/mol. The highest BCUT2D eigenvalue weighted by Gasteiger charge is 2.42. The van der Waals surface area contributed by atoms with Gasteiger partial charge >= 0.3 is 0 Å². The number of ether oxygens (including phenoxy) is 1. The SMILES string of the molecule is CCCN(CCC)CC1C(N)c2cc(C)ccc2OC1(C)C. The van der Waals surface area contributed by atoms with E-state index in [0.717, 1.165) is 30.9 Å². The average molecular weight is 304 g/mol. The fraction of sp³-hybridized carbons (Fsp3) is 0.684. The zero-order valence-corrected chi connectivity index (χ0v) is 14.9. The Labute approximate surface area is 135 Å². The second-order valence-corrected chi connectivity index (χ2v) is 7.18. The lowest BCUT2D eigenvalue weighted by atomic mass is 9.78. The summed E-state index contributed by atoms with van der Waals surface area (Å²) < 4.78 is 6.31. The van der Waals surface area contributed by atoms with Crippen molar-refractivity contribution in [2.45, 2.75) is 59.1 Å². The van der Waals surface area contributed by atoms with Crippen LogP contribution in [0.2, 0.25) is 0 Å². The lowest BCUT2D eigenvalue weighted by molar-refractivity contribution is -0.00673. The van der Waals surface area contributed by atoms with Crippen LogP contribution in [0, 0.1) is 12.8 Å². The van der Waals surface area contributed by atoms with Gasteiger partial charge in [0.1, 0.15) is 11.4 Å². The summed E-state index contributed by atoms with van der Waals surface area (Å²) in [6.45, 7) is 14.2. The maximum Gasteiger partial charge on any atom is 0.124 e. The third-order valence-corrected chi connectivity index (χ3v) is 4.76. The molecule has 1 aromatic rings. The highest BCUT2D eigenvalue weighted by Crippen LogP contribution is 2.43. The molecule has 0 saturated carbocycles. The van der Waals surface area contributed by atoms with Crippen molar-refractivity contribution < 1.29 is 4.74 Å². The lowest BCUT2D eigenvalue weighted by Gasteiger charge is -2.45. The van der Waals surface area contributed by atoms with Gasteiger partial charge in [0.15, 0.2) is 0 Å². The molecule has 0 radical (unpaired) electrons. The predicted octanol–water partition coefficient (Wildman–Crippen LogP) is 3.90. The number of aryl methyl sites for hydroxylation is 1. The van der Waals surface area contributed by atoms with E-state index in [0.29, 0.717) is 5.92 Å². The van der Waals surface area contributed by atoms with Gasteiger partial charge in [0.05, 0.1) is 0 Å². The Kier molecular flexibility index (Phi) is 5.51. The van der Waals surface area contributed by atoms with E-state index in [1.165, 1.54) is 18.4 Å². The van der Waals surface area contributed by atoms with Crippen molar-refractivity contribution in [1.82, 2.24) is 4.90 Å². The van der Waals surface area contributed by atoms with E-state index >= 15 is 0 Å². The summed E-state index contributed by atoms with van der Waals surface area (Å²) in [6.07, 6.45) is 2.36. The van der Waals surface area contributed by atoms with Crippen LogP contribution in [0.15, 0.2) is 18.2 Å². The minimum absolute atomic E-state index is 0.0369. The topological polar surface area (TPSA) is 38.5 Å². The molecule has 3 nitrogen and oxygen atoms in total. The first-order valence-electron chi connectivity index (χ1n) is 8.66. The zero-order chi connectivity index (χ0) is 16.3. The summed E-state index contributed by atoms with van der Waals surface area (Å²) in [5.74, 6) is 1.26. The van der Waals surface area contributed by atoms with Gasteiger partial charge in [0, 0.05) is 24.1 Å². The largest absolute Gasteiger partial charge is 0.487 e. The maximum atomic E-state index is 6.67. The van der Waals surface area contributed by atoms with Crippen LogP contribution in [0.25, 0.3) is 0 Å². The van der Waals surface area contributed by atoms with Crippen molar-refractivity contribution in [1.29, 1.82) is 0 Å². The van der Waals surface area contributed by atoms with Crippen LogP contribution in [0.5, 0.6) is 5.75 Å². The highest BCUT2D eigenvalue weighted by molar-refractivity contribution is 5.42. The van der Waals surface area contributed by atoms with E-state index in [4.69, 9.17) is 10.5 Å². The molecule has 2 rings (SSSR count).